The summed E-state index contributed by atoms with van der Waals surface area (Å²) in [5.41, 5.74) is 1.20. The fourth-order valence-corrected chi connectivity index (χ4v) is 5.18. The molecule has 26 heavy (non-hydrogen) atoms. The molecule has 1 saturated heterocycles. The lowest BCUT2D eigenvalue weighted by Crippen LogP contribution is -2.62. The Morgan fingerprint density at radius 3 is 2.54 bits per heavy atom. The van der Waals surface area contributed by atoms with Crippen LogP contribution in [0.4, 0.5) is 5.82 Å². The number of hydrogen-bond acceptors (Lipinski definition) is 6. The SMILES string of the molecule is Cc1sc2ncnc(NCC(=O)NC3CC(C)(C)NC(C)(C)C3)c2c1C. The third kappa shape index (κ3) is 4.15. The highest BCUT2D eigenvalue weighted by atomic mass is 32.1. The number of piperidine rings is 1. The van der Waals surface area contributed by atoms with E-state index >= 15 is 0 Å². The number of anilines is 1. The number of thiophene rings is 1. The van der Waals surface area contributed by atoms with Gasteiger partial charge in [-0.05, 0) is 59.9 Å². The van der Waals surface area contributed by atoms with Gasteiger partial charge in [0.1, 0.15) is 17.0 Å². The lowest BCUT2D eigenvalue weighted by Gasteiger charge is -2.46. The van der Waals surface area contributed by atoms with Crippen molar-refractivity contribution in [3.63, 3.8) is 0 Å². The quantitative estimate of drug-likeness (QED) is 0.765. The van der Waals surface area contributed by atoms with Crippen molar-refractivity contribution in [1.82, 2.24) is 20.6 Å². The topological polar surface area (TPSA) is 78.9 Å². The van der Waals surface area contributed by atoms with Gasteiger partial charge in [0.05, 0.1) is 11.9 Å². The zero-order valence-corrected chi connectivity index (χ0v) is 17.3. The zero-order valence-electron chi connectivity index (χ0n) is 16.5. The summed E-state index contributed by atoms with van der Waals surface area (Å²) < 4.78 is 0. The molecule has 2 aromatic rings. The lowest BCUT2D eigenvalue weighted by atomic mass is 9.79. The van der Waals surface area contributed by atoms with Gasteiger partial charge in [0.25, 0.3) is 0 Å². The lowest BCUT2D eigenvalue weighted by molar-refractivity contribution is -0.120. The average Bonchev–Trinajstić information content (AvgIpc) is 2.77. The van der Waals surface area contributed by atoms with Gasteiger partial charge in [-0.2, -0.15) is 0 Å². The van der Waals surface area contributed by atoms with E-state index in [2.05, 4.69) is 67.5 Å². The molecule has 0 atom stereocenters. The molecule has 1 amide bonds. The largest absolute Gasteiger partial charge is 0.360 e. The number of nitrogens with one attached hydrogen (secondary N) is 3. The number of rotatable bonds is 4. The molecule has 3 N–H and O–H groups in total. The van der Waals surface area contributed by atoms with Crippen molar-refractivity contribution in [3.05, 3.63) is 16.8 Å². The van der Waals surface area contributed by atoms with Crippen LogP contribution in [-0.2, 0) is 4.79 Å². The van der Waals surface area contributed by atoms with Gasteiger partial charge in [0.2, 0.25) is 5.91 Å². The Bertz CT molecular complexity index is 811. The summed E-state index contributed by atoms with van der Waals surface area (Å²) in [6, 6.07) is 0.172. The maximum absolute atomic E-state index is 12.5. The van der Waals surface area contributed by atoms with Gasteiger partial charge in [-0.25, -0.2) is 9.97 Å². The van der Waals surface area contributed by atoms with E-state index in [9.17, 15) is 4.79 Å². The molecule has 1 aliphatic rings. The van der Waals surface area contributed by atoms with E-state index < -0.39 is 0 Å². The van der Waals surface area contributed by atoms with Crippen molar-refractivity contribution in [3.8, 4) is 0 Å². The van der Waals surface area contributed by atoms with Gasteiger partial charge in [0.15, 0.2) is 0 Å². The number of aromatic nitrogens is 2. The molecular weight excluding hydrogens is 346 g/mol. The highest BCUT2D eigenvalue weighted by Gasteiger charge is 2.38. The predicted molar refractivity (Wildman–Crippen MR) is 108 cm³/mol. The first-order valence-corrected chi connectivity index (χ1v) is 9.91. The second-order valence-corrected chi connectivity index (χ2v) is 9.81. The predicted octanol–water partition coefficient (Wildman–Crippen LogP) is 3.15. The van der Waals surface area contributed by atoms with Crippen LogP contribution < -0.4 is 16.0 Å². The van der Waals surface area contributed by atoms with Crippen LogP contribution >= 0.6 is 11.3 Å². The molecule has 0 bridgehead atoms. The van der Waals surface area contributed by atoms with E-state index in [0.717, 1.165) is 28.9 Å². The normalized spacial score (nSPS) is 19.5. The van der Waals surface area contributed by atoms with E-state index in [1.165, 1.54) is 10.4 Å². The molecule has 3 heterocycles. The van der Waals surface area contributed by atoms with Crippen LogP contribution in [0.1, 0.15) is 51.0 Å². The Morgan fingerprint density at radius 2 is 1.88 bits per heavy atom. The Hall–Kier alpha value is -1.73. The smallest absolute Gasteiger partial charge is 0.239 e. The summed E-state index contributed by atoms with van der Waals surface area (Å²) in [5.74, 6) is 0.734. The molecule has 1 aliphatic heterocycles. The van der Waals surface area contributed by atoms with Crippen molar-refractivity contribution < 1.29 is 4.79 Å². The Morgan fingerprint density at radius 1 is 1.23 bits per heavy atom. The van der Waals surface area contributed by atoms with E-state index in [1.807, 2.05) is 0 Å². The first-order valence-electron chi connectivity index (χ1n) is 9.10. The maximum Gasteiger partial charge on any atom is 0.239 e. The number of carbonyl (C=O) groups excluding carboxylic acids is 1. The van der Waals surface area contributed by atoms with E-state index in [1.54, 1.807) is 17.7 Å². The molecule has 0 aromatic carbocycles. The summed E-state index contributed by atoms with van der Waals surface area (Å²) in [5, 5.41) is 11.0. The van der Waals surface area contributed by atoms with Gasteiger partial charge >= 0.3 is 0 Å². The van der Waals surface area contributed by atoms with Gasteiger partial charge in [-0.3, -0.25) is 4.79 Å². The summed E-state index contributed by atoms with van der Waals surface area (Å²) in [6.07, 6.45) is 3.39. The number of carbonyl (C=O) groups is 1. The zero-order chi connectivity index (χ0) is 19.1. The molecule has 142 valence electrons. The second kappa shape index (κ2) is 6.78. The van der Waals surface area contributed by atoms with Crippen molar-refractivity contribution >= 4 is 33.3 Å². The van der Waals surface area contributed by atoms with Crippen molar-refractivity contribution in [2.75, 3.05) is 11.9 Å². The van der Waals surface area contributed by atoms with Crippen molar-refractivity contribution in [2.24, 2.45) is 0 Å². The Kier molecular flexibility index (Phi) is 4.96. The van der Waals surface area contributed by atoms with Gasteiger partial charge in [0, 0.05) is 22.0 Å². The third-order valence-electron chi connectivity index (χ3n) is 4.94. The molecule has 0 unspecified atom stereocenters. The molecule has 2 aromatic heterocycles. The van der Waals surface area contributed by atoms with Crippen LogP contribution in [0.3, 0.4) is 0 Å². The summed E-state index contributed by atoms with van der Waals surface area (Å²) in [6.45, 7) is 13.1. The van der Waals surface area contributed by atoms with Crippen LogP contribution in [0.15, 0.2) is 6.33 Å². The Labute approximate surface area is 159 Å². The number of amides is 1. The Balaban J connectivity index is 1.65. The first kappa shape index (κ1) is 19.0. The fourth-order valence-electron chi connectivity index (χ4n) is 4.18. The van der Waals surface area contributed by atoms with Gasteiger partial charge in [-0.1, -0.05) is 0 Å². The average molecular weight is 376 g/mol. The van der Waals surface area contributed by atoms with Crippen LogP contribution in [-0.4, -0.2) is 39.5 Å². The molecule has 0 saturated carbocycles. The minimum Gasteiger partial charge on any atom is -0.360 e. The van der Waals surface area contributed by atoms with Crippen LogP contribution in [0.5, 0.6) is 0 Å². The monoisotopic (exact) mass is 375 g/mol. The van der Waals surface area contributed by atoms with Crippen molar-refractivity contribution in [2.45, 2.75) is 71.5 Å². The molecule has 3 rings (SSSR count). The summed E-state index contributed by atoms with van der Waals surface area (Å²) in [4.78, 5) is 23.4. The fraction of sp³-hybridized carbons (Fsp3) is 0.632. The highest BCUT2D eigenvalue weighted by Crippen LogP contribution is 2.32. The summed E-state index contributed by atoms with van der Waals surface area (Å²) in [7, 11) is 0. The molecule has 7 heteroatoms. The molecule has 1 fully saturated rings. The first-order chi connectivity index (χ1) is 12.1. The molecule has 6 nitrogen and oxygen atoms in total. The molecule has 0 aliphatic carbocycles. The third-order valence-corrected chi connectivity index (χ3v) is 6.05. The van der Waals surface area contributed by atoms with Crippen LogP contribution in [0, 0.1) is 13.8 Å². The standard InChI is InChI=1S/C19H29N5OS/c1-11-12(2)26-17-15(11)16(21-10-22-17)20-9-14(25)23-13-7-18(3,4)24-19(5,6)8-13/h10,13,24H,7-9H2,1-6H3,(H,23,25)(H,20,21,22). The molecule has 0 radical (unpaired) electrons. The number of aryl methyl sites for hydroxylation is 2. The van der Waals surface area contributed by atoms with Crippen LogP contribution in [0.2, 0.25) is 0 Å². The molecular formula is C19H29N5OS. The molecule has 0 spiro atoms. The van der Waals surface area contributed by atoms with E-state index in [-0.39, 0.29) is 29.6 Å². The number of fused-ring (bicyclic) bond motifs is 1. The van der Waals surface area contributed by atoms with E-state index in [4.69, 9.17) is 0 Å². The minimum absolute atomic E-state index is 0.000123. The van der Waals surface area contributed by atoms with Crippen molar-refractivity contribution in [1.29, 1.82) is 0 Å². The van der Waals surface area contributed by atoms with Gasteiger partial charge < -0.3 is 16.0 Å². The second-order valence-electron chi connectivity index (χ2n) is 8.60. The number of nitrogens with zero attached hydrogens (tertiary/aromatic N) is 2. The summed E-state index contributed by atoms with van der Waals surface area (Å²) >= 11 is 1.66. The minimum atomic E-state index is -0.000123. The maximum atomic E-state index is 12.5. The highest BCUT2D eigenvalue weighted by molar-refractivity contribution is 7.18. The van der Waals surface area contributed by atoms with Crippen LogP contribution in [0.25, 0.3) is 10.2 Å². The van der Waals surface area contributed by atoms with Gasteiger partial charge in [-0.15, -0.1) is 11.3 Å². The number of hydrogen-bond donors (Lipinski definition) is 3. The van der Waals surface area contributed by atoms with E-state index in [0.29, 0.717) is 0 Å².